The van der Waals surface area contributed by atoms with E-state index in [9.17, 15) is 18.0 Å². The third kappa shape index (κ3) is 4.77. The lowest BCUT2D eigenvalue weighted by Gasteiger charge is -2.30. The Labute approximate surface area is 179 Å². The molecule has 0 bridgehead atoms. The molecule has 0 amide bonds. The topological polar surface area (TPSA) is 119 Å². The van der Waals surface area contributed by atoms with Crippen molar-refractivity contribution in [3.05, 3.63) is 87.7 Å². The number of rotatable bonds is 6. The number of carbonyl (C=O) groups is 1. The lowest BCUT2D eigenvalue weighted by Crippen LogP contribution is -2.29. The smallest absolute Gasteiger partial charge is 0.434 e. The van der Waals surface area contributed by atoms with Crippen LogP contribution in [-0.2, 0) is 34.0 Å². The zero-order chi connectivity index (χ0) is 21.8. The molecule has 1 aliphatic rings. The van der Waals surface area contributed by atoms with Crippen LogP contribution in [0.4, 0.5) is 4.79 Å². The minimum atomic E-state index is -4.21. The molecule has 9 heteroatoms. The van der Waals surface area contributed by atoms with Gasteiger partial charge >= 0.3 is 11.1 Å². The van der Waals surface area contributed by atoms with E-state index in [0.717, 1.165) is 5.56 Å². The van der Waals surface area contributed by atoms with Gasteiger partial charge in [-0.25, -0.2) is 23.1 Å². The van der Waals surface area contributed by atoms with Crippen LogP contribution in [0.3, 0.4) is 0 Å². The molecule has 1 aromatic heterocycles. The number of aromatic nitrogens is 2. The van der Waals surface area contributed by atoms with E-state index in [1.165, 1.54) is 0 Å². The number of sulfone groups is 1. The molecule has 1 aliphatic carbocycles. The van der Waals surface area contributed by atoms with Gasteiger partial charge in [0.05, 0.1) is 5.25 Å². The number of carbonyl (C=O) groups excluding carboxylic acids is 1. The number of aryl methyl sites for hydroxylation is 1. The van der Waals surface area contributed by atoms with Crippen LogP contribution < -0.4 is 5.76 Å². The van der Waals surface area contributed by atoms with Gasteiger partial charge in [-0.2, -0.15) is 0 Å². The van der Waals surface area contributed by atoms with Crippen LogP contribution in [0.15, 0.2) is 63.8 Å². The zero-order valence-electron chi connectivity index (χ0n) is 16.7. The van der Waals surface area contributed by atoms with Crippen molar-refractivity contribution in [3.8, 4) is 0 Å². The van der Waals surface area contributed by atoms with Crippen molar-refractivity contribution in [1.82, 2.24) is 10.2 Å². The summed E-state index contributed by atoms with van der Waals surface area (Å²) in [6, 6.07) is 16.2. The highest BCUT2D eigenvalue weighted by atomic mass is 32.2. The molecule has 0 spiro atoms. The Balaban J connectivity index is 1.51. The first-order chi connectivity index (χ1) is 14.9. The van der Waals surface area contributed by atoms with Crippen LogP contribution >= 0.6 is 0 Å². The number of hydrogen-bond acceptors (Lipinski definition) is 7. The number of ether oxygens (including phenoxy) is 1. The Hall–Kier alpha value is -3.20. The van der Waals surface area contributed by atoms with Crippen molar-refractivity contribution in [1.29, 1.82) is 0 Å². The average Bonchev–Trinajstić information content (AvgIpc) is 3.21. The first-order valence-electron chi connectivity index (χ1n) is 10.0. The fourth-order valence-corrected chi connectivity index (χ4v) is 5.53. The van der Waals surface area contributed by atoms with Crippen LogP contribution in [0.1, 0.15) is 40.7 Å². The minimum Gasteiger partial charge on any atom is -0.449 e. The van der Waals surface area contributed by atoms with Gasteiger partial charge in [0, 0.05) is 6.42 Å². The van der Waals surface area contributed by atoms with Crippen LogP contribution in [0.2, 0.25) is 0 Å². The van der Waals surface area contributed by atoms with Crippen molar-refractivity contribution < 1.29 is 22.4 Å². The number of fused-ring (bicyclic) bond motifs is 1. The third-order valence-electron chi connectivity index (χ3n) is 5.51. The number of benzene rings is 2. The van der Waals surface area contributed by atoms with Gasteiger partial charge in [-0.3, -0.25) is 0 Å². The summed E-state index contributed by atoms with van der Waals surface area (Å²) in [5.41, 5.74) is 2.25. The highest BCUT2D eigenvalue weighted by molar-refractivity contribution is 8.05. The maximum atomic E-state index is 13.1. The van der Waals surface area contributed by atoms with E-state index in [1.807, 2.05) is 18.2 Å². The fourth-order valence-electron chi connectivity index (χ4n) is 3.98. The van der Waals surface area contributed by atoms with Gasteiger partial charge in [-0.15, -0.1) is 5.10 Å². The summed E-state index contributed by atoms with van der Waals surface area (Å²) in [4.78, 5) is 23.7. The van der Waals surface area contributed by atoms with E-state index >= 15 is 0 Å². The monoisotopic (exact) mass is 442 g/mol. The molecule has 3 aromatic rings. The minimum absolute atomic E-state index is 0.0152. The quantitative estimate of drug-likeness (QED) is 0.581. The summed E-state index contributed by atoms with van der Waals surface area (Å²) < 4.78 is 36.4. The number of nitrogens with one attached hydrogen (secondary N) is 1. The van der Waals surface area contributed by atoms with E-state index in [0.29, 0.717) is 30.4 Å². The molecular weight excluding hydrogens is 420 g/mol. The second kappa shape index (κ2) is 8.89. The molecule has 31 heavy (non-hydrogen) atoms. The Morgan fingerprint density at radius 1 is 1.13 bits per heavy atom. The summed E-state index contributed by atoms with van der Waals surface area (Å²) in [6.45, 7) is -0.102. The number of H-pyrrole nitrogens is 1. The molecule has 0 saturated heterocycles. The maximum Gasteiger partial charge on any atom is 0.434 e. The highest BCUT2D eigenvalue weighted by Crippen LogP contribution is 2.40. The number of nitrogens with zero attached hydrogens (tertiary/aromatic N) is 1. The van der Waals surface area contributed by atoms with Crippen molar-refractivity contribution in [3.63, 3.8) is 0 Å². The number of hydrogen-bond donors (Lipinski definition) is 1. The largest absolute Gasteiger partial charge is 0.449 e. The molecule has 4 rings (SSSR count). The second-order valence-electron chi connectivity index (χ2n) is 7.61. The summed E-state index contributed by atoms with van der Waals surface area (Å²) in [7, 11) is -4.21. The molecule has 1 heterocycles. The Kier molecular flexibility index (Phi) is 6.03. The maximum absolute atomic E-state index is 13.1. The normalized spacial score (nSPS) is 18.3. The van der Waals surface area contributed by atoms with Crippen LogP contribution in [0.5, 0.6) is 0 Å². The van der Waals surface area contributed by atoms with Gasteiger partial charge < -0.3 is 9.15 Å². The molecular formula is C22H22N2O6S. The molecule has 0 fully saturated rings. The highest BCUT2D eigenvalue weighted by Gasteiger charge is 2.41. The predicted molar refractivity (Wildman–Crippen MR) is 112 cm³/mol. The molecule has 0 radical (unpaired) electrons. The van der Waals surface area contributed by atoms with Crippen molar-refractivity contribution in [2.75, 3.05) is 0 Å². The van der Waals surface area contributed by atoms with E-state index in [-0.39, 0.29) is 24.8 Å². The molecule has 1 N–H and O–H groups in total. The van der Waals surface area contributed by atoms with Crippen LogP contribution in [0, 0.1) is 5.92 Å². The van der Waals surface area contributed by atoms with Crippen LogP contribution in [-0.4, -0.2) is 23.9 Å². The van der Waals surface area contributed by atoms with Gasteiger partial charge in [-0.1, -0.05) is 54.6 Å². The molecule has 1 unspecified atom stereocenters. The van der Waals surface area contributed by atoms with Crippen LogP contribution in [0.25, 0.3) is 0 Å². The summed E-state index contributed by atoms with van der Waals surface area (Å²) in [6.07, 6.45) is 1.94. The molecule has 162 valence electrons. The van der Waals surface area contributed by atoms with Crippen molar-refractivity contribution in [2.45, 2.75) is 37.5 Å². The number of aromatic amines is 1. The van der Waals surface area contributed by atoms with E-state index in [2.05, 4.69) is 10.2 Å². The van der Waals surface area contributed by atoms with Crippen molar-refractivity contribution in [2.24, 2.45) is 5.92 Å². The van der Waals surface area contributed by atoms with Gasteiger partial charge in [-0.05, 0) is 41.9 Å². The lowest BCUT2D eigenvalue weighted by atomic mass is 9.81. The zero-order valence-corrected chi connectivity index (χ0v) is 17.5. The predicted octanol–water partition coefficient (Wildman–Crippen LogP) is 3.35. The first kappa shape index (κ1) is 21.0. The molecule has 0 saturated carbocycles. The first-order valence-corrected chi connectivity index (χ1v) is 11.5. The SMILES string of the molecule is O=C(OCc1ccccc1)S(=O)(=O)C1C[C@H](CCc2n[nH]c(=O)o2)Cc2ccccc21. The summed E-state index contributed by atoms with van der Waals surface area (Å²) in [5, 5.41) is 3.83. The molecule has 2 atom stereocenters. The van der Waals surface area contributed by atoms with E-state index in [4.69, 9.17) is 9.15 Å². The lowest BCUT2D eigenvalue weighted by molar-refractivity contribution is 0.165. The third-order valence-corrected chi connectivity index (χ3v) is 7.29. The summed E-state index contributed by atoms with van der Waals surface area (Å²) >= 11 is 0. The average molecular weight is 442 g/mol. The van der Waals surface area contributed by atoms with E-state index < -0.39 is 26.1 Å². The van der Waals surface area contributed by atoms with Gasteiger partial charge in [0.1, 0.15) is 6.61 Å². The molecule has 2 aromatic carbocycles. The Morgan fingerprint density at radius 3 is 2.61 bits per heavy atom. The standard InChI is InChI=1S/C22H22N2O6S/c25-21-24-23-20(30-21)11-10-16-12-17-8-4-5-9-18(17)19(13-16)31(27,28)22(26)29-14-15-6-2-1-3-7-15/h1-9,16,19H,10-14H2,(H,24,25)/t16-,19?/m1/s1. The van der Waals surface area contributed by atoms with Crippen molar-refractivity contribution >= 4 is 15.1 Å². The Bertz CT molecular complexity index is 1220. The summed E-state index contributed by atoms with van der Waals surface area (Å²) in [5.74, 6) is -0.352. The molecule has 8 nitrogen and oxygen atoms in total. The fraction of sp³-hybridized carbons (Fsp3) is 0.318. The Morgan fingerprint density at radius 2 is 1.87 bits per heavy atom. The van der Waals surface area contributed by atoms with E-state index in [1.54, 1.807) is 36.4 Å². The van der Waals surface area contributed by atoms with Gasteiger partial charge in [0.25, 0.3) is 9.84 Å². The van der Waals surface area contributed by atoms with Gasteiger partial charge in [0.2, 0.25) is 5.89 Å². The van der Waals surface area contributed by atoms with Gasteiger partial charge in [0.15, 0.2) is 0 Å². The second-order valence-corrected chi connectivity index (χ2v) is 9.60. The molecule has 0 aliphatic heterocycles.